The van der Waals surface area contributed by atoms with Crippen LogP contribution < -0.4 is 0 Å². The van der Waals surface area contributed by atoms with E-state index in [9.17, 15) is 33.0 Å². The Bertz CT molecular complexity index is 1140. The molecule has 0 spiro atoms. The Hall–Kier alpha value is -1.85. The van der Waals surface area contributed by atoms with Crippen molar-refractivity contribution >= 4 is 46.1 Å². The number of rotatable bonds is 8. The first kappa shape index (κ1) is 29.7. The average molecular weight is 652 g/mol. The summed E-state index contributed by atoms with van der Waals surface area (Å²) in [4.78, 5) is 27.3. The van der Waals surface area contributed by atoms with Crippen LogP contribution in [0.25, 0.3) is 0 Å². The molecule has 0 bridgehead atoms. The number of carbonyl (C=O) groups is 2. The number of aliphatic carboxylic acids is 1. The monoisotopic (exact) mass is 651 g/mol. The molecular weight excluding hydrogens is 622 g/mol. The summed E-state index contributed by atoms with van der Waals surface area (Å²) in [5, 5.41) is 20.5. The SMILES string of the molecule is CCC(CC(C)(O)C(F)(F)F)N1C(=O)[C@@](C)(CC(=O)O)C[C@H](c2cccc(I)c2)C1c1ccc(Cl)cc1. The normalized spacial score (nSPS) is 25.0. The second-order valence-corrected chi connectivity index (χ2v) is 11.9. The number of likely N-dealkylation sites (tertiary alicyclic amines) is 1. The van der Waals surface area contributed by atoms with Gasteiger partial charge in [-0.1, -0.05) is 49.7 Å². The minimum atomic E-state index is -4.91. The Morgan fingerprint density at radius 2 is 1.84 bits per heavy atom. The first-order valence-corrected chi connectivity index (χ1v) is 13.4. The highest BCUT2D eigenvalue weighted by molar-refractivity contribution is 14.1. The van der Waals surface area contributed by atoms with Crippen LogP contribution in [0.5, 0.6) is 0 Å². The summed E-state index contributed by atoms with van der Waals surface area (Å²) in [6.45, 7) is 3.92. The van der Waals surface area contributed by atoms with Gasteiger partial charge in [-0.2, -0.15) is 13.2 Å². The zero-order valence-corrected chi connectivity index (χ0v) is 23.6. The van der Waals surface area contributed by atoms with Crippen LogP contribution in [0.3, 0.4) is 0 Å². The maximum Gasteiger partial charge on any atom is 0.416 e. The number of benzene rings is 2. The number of hydrogen-bond donors (Lipinski definition) is 2. The number of amides is 1. The molecule has 37 heavy (non-hydrogen) atoms. The van der Waals surface area contributed by atoms with Crippen molar-refractivity contribution in [1.29, 1.82) is 0 Å². The second-order valence-electron chi connectivity index (χ2n) is 10.2. The molecule has 1 saturated heterocycles. The number of aliphatic hydroxyl groups is 1. The predicted molar refractivity (Wildman–Crippen MR) is 143 cm³/mol. The lowest BCUT2D eigenvalue weighted by molar-refractivity contribution is -0.259. The maximum absolute atomic E-state index is 14.1. The standard InChI is InChI=1S/C27H30ClF3INO4/c1-4-20(13-26(3,37)27(29,30)31)33-23(16-8-10-18(28)11-9-16)21(17-6-5-7-19(32)12-17)14-25(2,24(33)36)15-22(34)35/h5-12,20-21,23,37H,4,13-15H2,1-3H3,(H,34,35)/t20?,21-,23?,25-,26?/m1/s1. The van der Waals surface area contributed by atoms with Gasteiger partial charge in [0.15, 0.2) is 5.60 Å². The van der Waals surface area contributed by atoms with E-state index >= 15 is 0 Å². The van der Waals surface area contributed by atoms with Crippen molar-refractivity contribution in [3.8, 4) is 0 Å². The Kier molecular flexibility index (Phi) is 8.91. The summed E-state index contributed by atoms with van der Waals surface area (Å²) >= 11 is 8.28. The van der Waals surface area contributed by atoms with Crippen LogP contribution in [0, 0.1) is 8.99 Å². The third-order valence-electron chi connectivity index (χ3n) is 7.24. The largest absolute Gasteiger partial charge is 0.481 e. The number of carboxylic acid groups (broad SMARTS) is 1. The van der Waals surface area contributed by atoms with E-state index in [1.165, 1.54) is 4.90 Å². The summed E-state index contributed by atoms with van der Waals surface area (Å²) < 4.78 is 42.1. The Balaban J connectivity index is 2.25. The average Bonchev–Trinajstić information content (AvgIpc) is 2.78. The van der Waals surface area contributed by atoms with Crippen molar-refractivity contribution in [2.24, 2.45) is 5.41 Å². The summed E-state index contributed by atoms with van der Waals surface area (Å²) in [5.74, 6) is -2.12. The van der Waals surface area contributed by atoms with Crippen molar-refractivity contribution in [2.75, 3.05) is 0 Å². The van der Waals surface area contributed by atoms with Gasteiger partial charge in [0.05, 0.1) is 17.9 Å². The van der Waals surface area contributed by atoms with Gasteiger partial charge in [-0.25, -0.2) is 0 Å². The molecule has 0 aliphatic carbocycles. The first-order chi connectivity index (χ1) is 17.1. The number of hydrogen-bond acceptors (Lipinski definition) is 3. The van der Waals surface area contributed by atoms with Crippen molar-refractivity contribution in [3.05, 3.63) is 68.3 Å². The van der Waals surface area contributed by atoms with Gasteiger partial charge in [0.2, 0.25) is 5.91 Å². The fourth-order valence-corrected chi connectivity index (χ4v) is 5.99. The van der Waals surface area contributed by atoms with Gasteiger partial charge in [-0.05, 0) is 77.7 Å². The molecule has 1 aliphatic heterocycles. The van der Waals surface area contributed by atoms with Crippen molar-refractivity contribution in [3.63, 3.8) is 0 Å². The van der Waals surface area contributed by atoms with E-state index in [2.05, 4.69) is 22.6 Å². The fraction of sp³-hybridized carbons (Fsp3) is 0.481. The minimum absolute atomic E-state index is 0.129. The van der Waals surface area contributed by atoms with Gasteiger partial charge in [-0.3, -0.25) is 9.59 Å². The molecule has 3 unspecified atom stereocenters. The third kappa shape index (κ3) is 6.42. The van der Waals surface area contributed by atoms with E-state index in [4.69, 9.17) is 11.6 Å². The molecule has 0 aromatic heterocycles. The fourth-order valence-electron chi connectivity index (χ4n) is 5.29. The van der Waals surface area contributed by atoms with Crippen LogP contribution in [0.1, 0.15) is 69.5 Å². The highest BCUT2D eigenvalue weighted by atomic mass is 127. The topological polar surface area (TPSA) is 77.8 Å². The number of alkyl halides is 3. The molecule has 202 valence electrons. The smallest absolute Gasteiger partial charge is 0.416 e. The number of piperidine rings is 1. The molecule has 5 nitrogen and oxygen atoms in total. The van der Waals surface area contributed by atoms with Crippen LogP contribution in [0.4, 0.5) is 13.2 Å². The molecule has 0 radical (unpaired) electrons. The Morgan fingerprint density at radius 1 is 1.22 bits per heavy atom. The van der Waals surface area contributed by atoms with E-state index in [1.54, 1.807) is 38.1 Å². The summed E-state index contributed by atoms with van der Waals surface area (Å²) in [6, 6.07) is 12.7. The molecule has 1 fully saturated rings. The van der Waals surface area contributed by atoms with Gasteiger partial charge in [-0.15, -0.1) is 0 Å². The second kappa shape index (κ2) is 11.1. The quantitative estimate of drug-likeness (QED) is 0.303. The number of carbonyl (C=O) groups excluding carboxylic acids is 1. The summed E-state index contributed by atoms with van der Waals surface area (Å²) in [6.07, 6.45) is -5.81. The van der Waals surface area contributed by atoms with Crippen molar-refractivity contribution in [2.45, 2.75) is 76.2 Å². The Labute approximate surface area is 233 Å². The van der Waals surface area contributed by atoms with E-state index < -0.39 is 59.9 Å². The lowest BCUT2D eigenvalue weighted by atomic mass is 9.66. The molecule has 5 atom stereocenters. The van der Waals surface area contributed by atoms with E-state index in [0.29, 0.717) is 17.5 Å². The molecule has 1 amide bonds. The zero-order valence-electron chi connectivity index (χ0n) is 20.7. The minimum Gasteiger partial charge on any atom is -0.481 e. The lowest BCUT2D eigenvalue weighted by Crippen LogP contribution is -2.58. The van der Waals surface area contributed by atoms with Crippen LogP contribution in [0.2, 0.25) is 5.02 Å². The number of nitrogens with zero attached hydrogens (tertiary/aromatic N) is 1. The molecule has 2 N–H and O–H groups in total. The maximum atomic E-state index is 14.1. The highest BCUT2D eigenvalue weighted by Gasteiger charge is 2.56. The van der Waals surface area contributed by atoms with E-state index in [1.807, 2.05) is 24.3 Å². The van der Waals surface area contributed by atoms with E-state index in [0.717, 1.165) is 9.13 Å². The molecular formula is C27H30ClF3INO4. The molecule has 2 aromatic carbocycles. The third-order valence-corrected chi connectivity index (χ3v) is 8.16. The van der Waals surface area contributed by atoms with Crippen LogP contribution in [0.15, 0.2) is 48.5 Å². The lowest BCUT2D eigenvalue weighted by Gasteiger charge is -2.52. The number of halogens is 5. The molecule has 3 rings (SSSR count). The van der Waals surface area contributed by atoms with Gasteiger partial charge in [0.25, 0.3) is 0 Å². The molecule has 0 saturated carbocycles. The predicted octanol–water partition coefficient (Wildman–Crippen LogP) is 6.96. The zero-order chi connectivity index (χ0) is 27.8. The summed E-state index contributed by atoms with van der Waals surface area (Å²) in [7, 11) is 0. The molecule has 2 aromatic rings. The summed E-state index contributed by atoms with van der Waals surface area (Å²) in [5.41, 5.74) is -2.89. The Morgan fingerprint density at radius 3 is 2.35 bits per heavy atom. The van der Waals surface area contributed by atoms with Gasteiger partial charge in [0.1, 0.15) is 0 Å². The first-order valence-electron chi connectivity index (χ1n) is 11.9. The van der Waals surface area contributed by atoms with E-state index in [-0.39, 0.29) is 12.8 Å². The van der Waals surface area contributed by atoms with Gasteiger partial charge < -0.3 is 15.1 Å². The molecule has 10 heteroatoms. The van der Waals surface area contributed by atoms with Crippen molar-refractivity contribution in [1.82, 2.24) is 4.90 Å². The number of carboxylic acids is 1. The van der Waals surface area contributed by atoms with Gasteiger partial charge >= 0.3 is 12.1 Å². The van der Waals surface area contributed by atoms with Crippen LogP contribution >= 0.6 is 34.2 Å². The highest BCUT2D eigenvalue weighted by Crippen LogP contribution is 2.53. The molecule has 1 aliphatic rings. The van der Waals surface area contributed by atoms with Crippen LogP contribution in [-0.2, 0) is 9.59 Å². The van der Waals surface area contributed by atoms with Crippen molar-refractivity contribution < 1.29 is 33.0 Å². The van der Waals surface area contributed by atoms with Crippen LogP contribution in [-0.4, -0.2) is 44.8 Å². The van der Waals surface area contributed by atoms with Gasteiger partial charge in [0, 0.05) is 27.0 Å². The molecule has 1 heterocycles.